The number of nitrogens with one attached hydrogen (secondary N) is 3. The highest BCUT2D eigenvalue weighted by Gasteiger charge is 2.16. The minimum Gasteiger partial charge on any atom is -0.354 e. The number of rotatable bonds is 6. The van der Waals surface area contributed by atoms with Crippen molar-refractivity contribution < 1.29 is 4.79 Å². The molecule has 30 heavy (non-hydrogen) atoms. The van der Waals surface area contributed by atoms with Crippen molar-refractivity contribution in [3.8, 4) is 0 Å². The van der Waals surface area contributed by atoms with Crippen molar-refractivity contribution in [1.82, 2.24) is 25.7 Å². The van der Waals surface area contributed by atoms with Crippen LogP contribution in [0.3, 0.4) is 0 Å². The third kappa shape index (κ3) is 6.61. The zero-order chi connectivity index (χ0) is 22.5. The van der Waals surface area contributed by atoms with Crippen LogP contribution in [0.4, 0.5) is 0 Å². The molecule has 0 bridgehead atoms. The summed E-state index contributed by atoms with van der Waals surface area (Å²) in [6.45, 7) is 12.8. The number of aryl methyl sites for hydroxylation is 2. The van der Waals surface area contributed by atoms with E-state index in [1.165, 1.54) is 11.3 Å². The molecule has 164 valence electrons. The summed E-state index contributed by atoms with van der Waals surface area (Å²) in [4.78, 5) is 16.7. The number of guanidine groups is 1. The van der Waals surface area contributed by atoms with Crippen LogP contribution in [0.2, 0.25) is 0 Å². The average molecular weight is 413 g/mol. The predicted octanol–water partition coefficient (Wildman–Crippen LogP) is 2.86. The van der Waals surface area contributed by atoms with E-state index in [1.807, 2.05) is 63.7 Å². The quantitative estimate of drug-likeness (QED) is 0.503. The Balaban J connectivity index is 1.95. The van der Waals surface area contributed by atoms with Crippen LogP contribution in [-0.4, -0.2) is 40.3 Å². The van der Waals surface area contributed by atoms with Crippen molar-refractivity contribution in [2.45, 2.75) is 66.1 Å². The minimum atomic E-state index is -0.265. The molecule has 0 aliphatic rings. The number of aromatic nitrogens is 2. The smallest absolute Gasteiger partial charge is 0.251 e. The van der Waals surface area contributed by atoms with Gasteiger partial charge in [0.15, 0.2) is 5.96 Å². The lowest BCUT2D eigenvalue weighted by Crippen LogP contribution is -2.43. The molecule has 1 unspecified atom stereocenters. The Hall–Kier alpha value is -2.83. The number of benzene rings is 1. The van der Waals surface area contributed by atoms with E-state index < -0.39 is 0 Å². The molecule has 1 heterocycles. The monoisotopic (exact) mass is 412 g/mol. The Labute approximate surface area is 180 Å². The maximum atomic E-state index is 12.4. The van der Waals surface area contributed by atoms with E-state index in [9.17, 15) is 4.79 Å². The van der Waals surface area contributed by atoms with Gasteiger partial charge in [0, 0.05) is 43.5 Å². The molecule has 3 N–H and O–H groups in total. The van der Waals surface area contributed by atoms with Gasteiger partial charge in [-0.15, -0.1) is 0 Å². The summed E-state index contributed by atoms with van der Waals surface area (Å²) in [5, 5.41) is 14.3. The summed E-state index contributed by atoms with van der Waals surface area (Å²) in [6, 6.07) is 7.84. The molecule has 1 aromatic carbocycles. The fraction of sp³-hybridized carbons (Fsp3) is 0.522. The van der Waals surface area contributed by atoms with Crippen molar-refractivity contribution in [3.63, 3.8) is 0 Å². The van der Waals surface area contributed by atoms with Crippen LogP contribution in [0.5, 0.6) is 0 Å². The van der Waals surface area contributed by atoms with Crippen LogP contribution in [0.1, 0.15) is 60.6 Å². The number of carbonyl (C=O) groups excluding carboxylic acids is 1. The summed E-state index contributed by atoms with van der Waals surface area (Å²) in [5.74, 6) is 0.661. The zero-order valence-electron chi connectivity index (χ0n) is 19.6. The van der Waals surface area contributed by atoms with Gasteiger partial charge in [-0.05, 0) is 71.2 Å². The Morgan fingerprint density at radius 3 is 2.53 bits per heavy atom. The molecule has 7 nitrogen and oxygen atoms in total. The molecule has 1 aromatic heterocycles. The van der Waals surface area contributed by atoms with Crippen LogP contribution in [-0.2, 0) is 20.0 Å². The van der Waals surface area contributed by atoms with E-state index >= 15 is 0 Å². The van der Waals surface area contributed by atoms with Crippen LogP contribution in [0.25, 0.3) is 0 Å². The first-order chi connectivity index (χ1) is 14.0. The molecule has 0 saturated heterocycles. The summed E-state index contributed by atoms with van der Waals surface area (Å²) >= 11 is 0. The fourth-order valence-corrected chi connectivity index (χ4v) is 3.32. The van der Waals surface area contributed by atoms with Gasteiger partial charge in [-0.25, -0.2) is 0 Å². The number of aliphatic imine (C=N–C) groups is 1. The van der Waals surface area contributed by atoms with Crippen molar-refractivity contribution in [2.75, 3.05) is 7.05 Å². The maximum Gasteiger partial charge on any atom is 0.251 e. The minimum absolute atomic E-state index is 0.0670. The fourth-order valence-electron chi connectivity index (χ4n) is 3.32. The SMILES string of the molecule is CN=C(NCc1cccc(C(=O)NC(C)(C)C)c1)NC(C)Cc1c(C)nn(C)c1C. The second kappa shape index (κ2) is 9.78. The van der Waals surface area contributed by atoms with E-state index in [1.54, 1.807) is 7.05 Å². The summed E-state index contributed by atoms with van der Waals surface area (Å²) < 4.78 is 1.92. The van der Waals surface area contributed by atoms with Crippen molar-refractivity contribution in [3.05, 3.63) is 52.3 Å². The molecule has 0 saturated carbocycles. The summed E-state index contributed by atoms with van der Waals surface area (Å²) in [7, 11) is 3.73. The lowest BCUT2D eigenvalue weighted by molar-refractivity contribution is 0.0919. The second-order valence-electron chi connectivity index (χ2n) is 8.85. The van der Waals surface area contributed by atoms with Gasteiger partial charge in [-0.2, -0.15) is 5.10 Å². The largest absolute Gasteiger partial charge is 0.354 e. The molecular formula is C23H36N6O. The molecule has 0 aliphatic heterocycles. The van der Waals surface area contributed by atoms with Crippen LogP contribution in [0.15, 0.2) is 29.3 Å². The van der Waals surface area contributed by atoms with Gasteiger partial charge < -0.3 is 16.0 Å². The Morgan fingerprint density at radius 2 is 1.97 bits per heavy atom. The first kappa shape index (κ1) is 23.4. The van der Waals surface area contributed by atoms with Gasteiger partial charge >= 0.3 is 0 Å². The number of carbonyl (C=O) groups is 1. The lowest BCUT2D eigenvalue weighted by atomic mass is 10.1. The van der Waals surface area contributed by atoms with E-state index in [0.717, 1.165) is 23.6 Å². The zero-order valence-corrected chi connectivity index (χ0v) is 19.6. The van der Waals surface area contributed by atoms with Gasteiger partial charge in [0.1, 0.15) is 0 Å². The Bertz CT molecular complexity index is 907. The van der Waals surface area contributed by atoms with Gasteiger partial charge in [-0.1, -0.05) is 12.1 Å². The number of hydrogen-bond acceptors (Lipinski definition) is 3. The second-order valence-corrected chi connectivity index (χ2v) is 8.85. The molecule has 0 fully saturated rings. The van der Waals surface area contributed by atoms with Crippen LogP contribution < -0.4 is 16.0 Å². The predicted molar refractivity (Wildman–Crippen MR) is 123 cm³/mol. The van der Waals surface area contributed by atoms with E-state index in [-0.39, 0.29) is 17.5 Å². The number of nitrogens with zero attached hydrogens (tertiary/aromatic N) is 3. The molecular weight excluding hydrogens is 376 g/mol. The first-order valence-corrected chi connectivity index (χ1v) is 10.4. The third-order valence-corrected chi connectivity index (χ3v) is 4.91. The molecule has 1 amide bonds. The molecule has 2 rings (SSSR count). The highest BCUT2D eigenvalue weighted by Crippen LogP contribution is 2.14. The van der Waals surface area contributed by atoms with E-state index in [2.05, 4.69) is 39.9 Å². The standard InChI is InChI=1S/C23H36N6O/c1-15(12-20-16(2)28-29(8)17(20)3)26-22(24-7)25-14-18-10-9-11-19(13-18)21(30)27-23(4,5)6/h9-11,13,15H,12,14H2,1-8H3,(H,27,30)(H2,24,25,26). The Morgan fingerprint density at radius 1 is 1.27 bits per heavy atom. The number of hydrogen-bond donors (Lipinski definition) is 3. The summed E-state index contributed by atoms with van der Waals surface area (Å²) in [5.41, 5.74) is 4.93. The molecule has 2 aromatic rings. The van der Waals surface area contributed by atoms with Gasteiger partial charge in [0.25, 0.3) is 5.91 Å². The summed E-state index contributed by atoms with van der Waals surface area (Å²) in [6.07, 6.45) is 0.870. The molecule has 0 aliphatic carbocycles. The van der Waals surface area contributed by atoms with E-state index in [4.69, 9.17) is 0 Å². The van der Waals surface area contributed by atoms with Crippen molar-refractivity contribution in [2.24, 2.45) is 12.0 Å². The highest BCUT2D eigenvalue weighted by atomic mass is 16.1. The van der Waals surface area contributed by atoms with Crippen LogP contribution >= 0.6 is 0 Å². The lowest BCUT2D eigenvalue weighted by Gasteiger charge is -2.21. The van der Waals surface area contributed by atoms with Crippen molar-refractivity contribution in [1.29, 1.82) is 0 Å². The Kier molecular flexibility index (Phi) is 7.65. The van der Waals surface area contributed by atoms with Crippen molar-refractivity contribution >= 4 is 11.9 Å². The molecule has 0 radical (unpaired) electrons. The van der Waals surface area contributed by atoms with E-state index in [0.29, 0.717) is 12.1 Å². The topological polar surface area (TPSA) is 83.3 Å². The van der Waals surface area contributed by atoms with Gasteiger partial charge in [0.2, 0.25) is 0 Å². The first-order valence-electron chi connectivity index (χ1n) is 10.4. The highest BCUT2D eigenvalue weighted by molar-refractivity contribution is 5.94. The van der Waals surface area contributed by atoms with Gasteiger partial charge in [-0.3, -0.25) is 14.5 Å². The molecule has 1 atom stereocenters. The van der Waals surface area contributed by atoms with Crippen LogP contribution in [0, 0.1) is 13.8 Å². The normalized spacial score (nSPS) is 13.1. The third-order valence-electron chi connectivity index (χ3n) is 4.91. The van der Waals surface area contributed by atoms with Gasteiger partial charge in [0.05, 0.1) is 5.69 Å². The average Bonchev–Trinajstić information content (AvgIpc) is 2.90. The maximum absolute atomic E-state index is 12.4. The molecule has 0 spiro atoms. The number of amides is 1. The molecule has 7 heteroatoms.